The summed E-state index contributed by atoms with van der Waals surface area (Å²) in [6.07, 6.45) is 3.17. The Morgan fingerprint density at radius 1 is 1.09 bits per heavy atom. The SMILES string of the molecule is O=C(Nc1nc2c(s1)C(=O)C[C@H](C(=O)NC[C@@H]1COc3ccccc3O1)C2)c1ccncc1. The molecule has 3 heterocycles. The van der Waals surface area contributed by atoms with Gasteiger partial charge in [-0.3, -0.25) is 24.7 Å². The molecule has 168 valence electrons. The number of pyridine rings is 1. The number of Topliss-reactive ketones (excluding diaryl/α,β-unsaturated/α-hetero) is 1. The van der Waals surface area contributed by atoms with Gasteiger partial charge in [0, 0.05) is 30.8 Å². The van der Waals surface area contributed by atoms with Crippen molar-refractivity contribution in [3.63, 3.8) is 0 Å². The number of hydrogen-bond donors (Lipinski definition) is 2. The van der Waals surface area contributed by atoms with E-state index in [0.29, 0.717) is 45.8 Å². The Bertz CT molecular complexity index is 1210. The van der Waals surface area contributed by atoms with Crippen molar-refractivity contribution in [2.24, 2.45) is 5.92 Å². The topological polar surface area (TPSA) is 120 Å². The van der Waals surface area contributed by atoms with Crippen molar-refractivity contribution in [2.75, 3.05) is 18.5 Å². The van der Waals surface area contributed by atoms with E-state index in [0.717, 1.165) is 11.3 Å². The normalized spacial score (nSPS) is 18.8. The van der Waals surface area contributed by atoms with Crippen molar-refractivity contribution in [2.45, 2.75) is 18.9 Å². The van der Waals surface area contributed by atoms with Crippen LogP contribution >= 0.6 is 11.3 Å². The molecule has 2 atom stereocenters. The summed E-state index contributed by atoms with van der Waals surface area (Å²) >= 11 is 1.13. The molecule has 0 saturated carbocycles. The van der Waals surface area contributed by atoms with Crippen LogP contribution in [0.4, 0.5) is 5.13 Å². The van der Waals surface area contributed by atoms with Gasteiger partial charge in [-0.25, -0.2) is 4.98 Å². The van der Waals surface area contributed by atoms with E-state index >= 15 is 0 Å². The molecule has 2 aromatic heterocycles. The largest absolute Gasteiger partial charge is 0.486 e. The molecule has 0 spiro atoms. The lowest BCUT2D eigenvalue weighted by atomic mass is 9.89. The predicted octanol–water partition coefficient (Wildman–Crippen LogP) is 2.49. The molecular formula is C23H20N4O5S. The monoisotopic (exact) mass is 464 g/mol. The van der Waals surface area contributed by atoms with Crippen LogP contribution in [0, 0.1) is 5.92 Å². The molecule has 2 aliphatic rings. The average Bonchev–Trinajstić information content (AvgIpc) is 3.26. The maximum atomic E-state index is 12.8. The first-order chi connectivity index (χ1) is 16.1. The molecule has 1 aliphatic carbocycles. The molecule has 1 aliphatic heterocycles. The van der Waals surface area contributed by atoms with Gasteiger partial charge < -0.3 is 14.8 Å². The highest BCUT2D eigenvalue weighted by Gasteiger charge is 2.33. The third-order valence-corrected chi connectivity index (χ3v) is 6.48. The van der Waals surface area contributed by atoms with Gasteiger partial charge in [-0.05, 0) is 24.3 Å². The fourth-order valence-electron chi connectivity index (χ4n) is 3.76. The number of carbonyl (C=O) groups excluding carboxylic acids is 3. The number of fused-ring (bicyclic) bond motifs is 2. The highest BCUT2D eigenvalue weighted by molar-refractivity contribution is 7.17. The van der Waals surface area contributed by atoms with Crippen molar-refractivity contribution in [3.8, 4) is 11.5 Å². The van der Waals surface area contributed by atoms with Crippen molar-refractivity contribution in [1.29, 1.82) is 0 Å². The lowest BCUT2D eigenvalue weighted by Gasteiger charge is -2.27. The predicted molar refractivity (Wildman–Crippen MR) is 120 cm³/mol. The number of amides is 2. The average molecular weight is 465 g/mol. The van der Waals surface area contributed by atoms with E-state index in [1.165, 1.54) is 12.4 Å². The van der Waals surface area contributed by atoms with Gasteiger partial charge in [-0.1, -0.05) is 23.5 Å². The molecule has 10 heteroatoms. The molecule has 1 aromatic carbocycles. The first kappa shape index (κ1) is 21.1. The van der Waals surface area contributed by atoms with Crippen LogP contribution in [0.3, 0.4) is 0 Å². The minimum atomic E-state index is -0.521. The Balaban J connectivity index is 1.19. The molecular weight excluding hydrogens is 444 g/mol. The zero-order chi connectivity index (χ0) is 22.8. The highest BCUT2D eigenvalue weighted by atomic mass is 32.1. The van der Waals surface area contributed by atoms with Crippen LogP contribution < -0.4 is 20.1 Å². The number of nitrogens with zero attached hydrogens (tertiary/aromatic N) is 2. The molecule has 0 bridgehead atoms. The molecule has 0 unspecified atom stereocenters. The number of aromatic nitrogens is 2. The van der Waals surface area contributed by atoms with Crippen LogP contribution in [-0.4, -0.2) is 46.8 Å². The number of nitrogens with one attached hydrogen (secondary N) is 2. The van der Waals surface area contributed by atoms with Crippen LogP contribution in [0.1, 0.15) is 32.1 Å². The number of para-hydroxylation sites is 2. The molecule has 0 fully saturated rings. The zero-order valence-corrected chi connectivity index (χ0v) is 18.3. The van der Waals surface area contributed by atoms with Crippen LogP contribution in [0.2, 0.25) is 0 Å². The van der Waals surface area contributed by atoms with E-state index in [9.17, 15) is 14.4 Å². The Hall–Kier alpha value is -3.79. The van der Waals surface area contributed by atoms with Crippen LogP contribution in [0.25, 0.3) is 0 Å². The number of anilines is 1. The van der Waals surface area contributed by atoms with E-state index in [1.54, 1.807) is 12.1 Å². The van der Waals surface area contributed by atoms with Crippen molar-refractivity contribution in [1.82, 2.24) is 15.3 Å². The Kier molecular flexibility index (Phi) is 5.74. The summed E-state index contributed by atoms with van der Waals surface area (Å²) in [5.41, 5.74) is 0.978. The molecule has 5 rings (SSSR count). The highest BCUT2D eigenvalue weighted by Crippen LogP contribution is 2.33. The molecule has 0 radical (unpaired) electrons. The summed E-state index contributed by atoms with van der Waals surface area (Å²) in [6.45, 7) is 0.604. The van der Waals surface area contributed by atoms with E-state index in [2.05, 4.69) is 20.6 Å². The summed E-state index contributed by atoms with van der Waals surface area (Å²) in [5.74, 6) is 0.0932. The van der Waals surface area contributed by atoms with E-state index in [4.69, 9.17) is 9.47 Å². The Labute approximate surface area is 193 Å². The first-order valence-corrected chi connectivity index (χ1v) is 11.3. The fourth-order valence-corrected chi connectivity index (χ4v) is 4.70. The van der Waals surface area contributed by atoms with Gasteiger partial charge in [0.05, 0.1) is 23.0 Å². The van der Waals surface area contributed by atoms with Gasteiger partial charge in [0.25, 0.3) is 5.91 Å². The number of thiazole rings is 1. The Morgan fingerprint density at radius 2 is 1.88 bits per heavy atom. The first-order valence-electron chi connectivity index (χ1n) is 10.5. The minimum Gasteiger partial charge on any atom is -0.486 e. The molecule has 2 N–H and O–H groups in total. The van der Waals surface area contributed by atoms with Gasteiger partial charge >= 0.3 is 0 Å². The van der Waals surface area contributed by atoms with Crippen molar-refractivity contribution in [3.05, 3.63) is 64.9 Å². The number of benzene rings is 1. The second-order valence-electron chi connectivity index (χ2n) is 7.76. The molecule has 2 amide bonds. The quantitative estimate of drug-likeness (QED) is 0.595. The minimum absolute atomic E-state index is 0.101. The second-order valence-corrected chi connectivity index (χ2v) is 8.76. The summed E-state index contributed by atoms with van der Waals surface area (Å²) < 4.78 is 11.5. The van der Waals surface area contributed by atoms with Gasteiger partial charge in [0.1, 0.15) is 12.7 Å². The Morgan fingerprint density at radius 3 is 2.70 bits per heavy atom. The lowest BCUT2D eigenvalue weighted by molar-refractivity contribution is -0.125. The number of carbonyl (C=O) groups is 3. The van der Waals surface area contributed by atoms with Gasteiger partial charge in [0.2, 0.25) is 5.91 Å². The molecule has 33 heavy (non-hydrogen) atoms. The van der Waals surface area contributed by atoms with Gasteiger partial charge in [-0.2, -0.15) is 0 Å². The number of ether oxygens (including phenoxy) is 2. The summed E-state index contributed by atoms with van der Waals surface area (Å²) in [7, 11) is 0. The summed E-state index contributed by atoms with van der Waals surface area (Å²) in [4.78, 5) is 46.5. The van der Waals surface area contributed by atoms with Crippen molar-refractivity contribution >= 4 is 34.1 Å². The summed E-state index contributed by atoms with van der Waals surface area (Å²) in [5, 5.41) is 5.92. The fraction of sp³-hybridized carbons (Fsp3) is 0.261. The third-order valence-electron chi connectivity index (χ3n) is 5.43. The number of ketones is 1. The number of rotatable bonds is 5. The molecule has 0 saturated heterocycles. The lowest BCUT2D eigenvalue weighted by Crippen LogP contribution is -2.44. The van der Waals surface area contributed by atoms with E-state index < -0.39 is 5.92 Å². The third kappa shape index (κ3) is 4.56. The smallest absolute Gasteiger partial charge is 0.257 e. The van der Waals surface area contributed by atoms with Crippen LogP contribution in [0.15, 0.2) is 48.8 Å². The summed E-state index contributed by atoms with van der Waals surface area (Å²) in [6, 6.07) is 10.6. The van der Waals surface area contributed by atoms with Crippen LogP contribution in [0.5, 0.6) is 11.5 Å². The van der Waals surface area contributed by atoms with Gasteiger partial charge in [0.15, 0.2) is 22.4 Å². The number of hydrogen-bond acceptors (Lipinski definition) is 8. The van der Waals surface area contributed by atoms with Crippen LogP contribution in [-0.2, 0) is 11.2 Å². The molecule has 3 aromatic rings. The van der Waals surface area contributed by atoms with Crippen molar-refractivity contribution < 1.29 is 23.9 Å². The van der Waals surface area contributed by atoms with E-state index in [-0.39, 0.29) is 36.7 Å². The van der Waals surface area contributed by atoms with Gasteiger partial charge in [-0.15, -0.1) is 0 Å². The standard InChI is InChI=1S/C23H20N4O5S/c28-17-10-14(21(29)25-11-15-12-31-18-3-1-2-4-19(18)32-15)9-16-20(17)33-23(26-16)27-22(30)13-5-7-24-8-6-13/h1-8,14-15H,9-12H2,(H,25,29)(H,26,27,30)/t14-,15-/m1/s1. The molecule has 9 nitrogen and oxygen atoms in total. The van der Waals surface area contributed by atoms with E-state index in [1.807, 2.05) is 24.3 Å². The second kappa shape index (κ2) is 8.99. The maximum Gasteiger partial charge on any atom is 0.257 e. The zero-order valence-electron chi connectivity index (χ0n) is 17.4. The maximum absolute atomic E-state index is 12.8.